The molecule has 0 aliphatic carbocycles. The summed E-state index contributed by atoms with van der Waals surface area (Å²) < 4.78 is 5.17. The van der Waals surface area contributed by atoms with Crippen LogP contribution >= 0.6 is 0 Å². The van der Waals surface area contributed by atoms with Crippen molar-refractivity contribution >= 4 is 5.91 Å². The highest BCUT2D eigenvalue weighted by molar-refractivity contribution is 5.85. The van der Waals surface area contributed by atoms with Crippen molar-refractivity contribution in [1.82, 2.24) is 10.6 Å². The summed E-state index contributed by atoms with van der Waals surface area (Å²) in [5, 5.41) is 5.97. The third kappa shape index (κ3) is 3.47. The van der Waals surface area contributed by atoms with E-state index in [1.165, 1.54) is 0 Å². The molecule has 0 fully saturated rings. The lowest BCUT2D eigenvalue weighted by molar-refractivity contribution is -0.126. The van der Waals surface area contributed by atoms with Crippen LogP contribution in [0.15, 0.2) is 24.3 Å². The quantitative estimate of drug-likeness (QED) is 0.839. The maximum Gasteiger partial charge on any atom is 0.240 e. The number of amides is 1. The number of hydrogen-bond donors (Lipinski definition) is 2. The van der Waals surface area contributed by atoms with E-state index in [0.29, 0.717) is 0 Å². The number of carbonyl (C=O) groups is 1. The van der Waals surface area contributed by atoms with Gasteiger partial charge in [-0.3, -0.25) is 4.79 Å². The van der Waals surface area contributed by atoms with Crippen molar-refractivity contribution in [2.24, 2.45) is 0 Å². The number of ether oxygens (including phenoxy) is 1. The van der Waals surface area contributed by atoms with E-state index in [0.717, 1.165) is 11.3 Å². The molecule has 1 aromatic rings. The first-order valence-corrected chi connectivity index (χ1v) is 6.04. The fourth-order valence-corrected chi connectivity index (χ4v) is 1.48. The number of carbonyl (C=O) groups excluding carboxylic acids is 1. The molecule has 100 valence electrons. The first-order chi connectivity index (χ1) is 8.40. The zero-order valence-corrected chi connectivity index (χ0v) is 11.7. The smallest absolute Gasteiger partial charge is 0.240 e. The topological polar surface area (TPSA) is 50.4 Å². The van der Waals surface area contributed by atoms with Gasteiger partial charge >= 0.3 is 0 Å². The monoisotopic (exact) mass is 250 g/mol. The fourth-order valence-electron chi connectivity index (χ4n) is 1.48. The summed E-state index contributed by atoms with van der Waals surface area (Å²) in [4.78, 5) is 12.0. The Bertz CT molecular complexity index is 416. The minimum absolute atomic E-state index is 0.0275. The molecule has 0 spiro atoms. The van der Waals surface area contributed by atoms with Crippen molar-refractivity contribution < 1.29 is 9.53 Å². The van der Waals surface area contributed by atoms with Crippen LogP contribution in [-0.4, -0.2) is 25.6 Å². The van der Waals surface area contributed by atoms with Crippen LogP contribution in [0.2, 0.25) is 0 Å². The number of benzene rings is 1. The summed E-state index contributed by atoms with van der Waals surface area (Å²) in [5.74, 6) is 0.766. The highest BCUT2D eigenvalue weighted by Crippen LogP contribution is 2.19. The van der Waals surface area contributed by atoms with E-state index in [9.17, 15) is 4.79 Å². The summed E-state index contributed by atoms with van der Waals surface area (Å²) in [6, 6.07) is 7.65. The molecule has 1 amide bonds. The Labute approximate surface area is 109 Å². The van der Waals surface area contributed by atoms with E-state index in [2.05, 4.69) is 10.6 Å². The first-order valence-electron chi connectivity index (χ1n) is 6.04. The van der Waals surface area contributed by atoms with Crippen LogP contribution in [0.25, 0.3) is 0 Å². The highest BCUT2D eigenvalue weighted by atomic mass is 16.5. The van der Waals surface area contributed by atoms with Gasteiger partial charge in [0.25, 0.3) is 0 Å². The zero-order chi connectivity index (χ0) is 13.8. The molecular formula is C14H22N2O2. The molecule has 0 aliphatic rings. The predicted octanol–water partition coefficient (Wildman–Crippen LogP) is 1.87. The zero-order valence-electron chi connectivity index (χ0n) is 11.7. The molecule has 0 saturated heterocycles. The molecule has 0 heterocycles. The normalized spacial score (nSPS) is 12.9. The molecule has 0 bridgehead atoms. The van der Waals surface area contributed by atoms with Crippen molar-refractivity contribution in [2.75, 3.05) is 14.2 Å². The Balaban J connectivity index is 2.76. The third-order valence-corrected chi connectivity index (χ3v) is 3.13. The van der Waals surface area contributed by atoms with Crippen LogP contribution in [0.4, 0.5) is 0 Å². The summed E-state index contributed by atoms with van der Waals surface area (Å²) in [6.07, 6.45) is 0. The molecule has 0 radical (unpaired) electrons. The van der Waals surface area contributed by atoms with Crippen molar-refractivity contribution in [3.8, 4) is 5.75 Å². The summed E-state index contributed by atoms with van der Waals surface area (Å²) in [6.45, 7) is 5.65. The van der Waals surface area contributed by atoms with Gasteiger partial charge in [0.2, 0.25) is 5.91 Å². The third-order valence-electron chi connectivity index (χ3n) is 3.13. The Morgan fingerprint density at radius 2 is 2.06 bits per heavy atom. The van der Waals surface area contributed by atoms with E-state index in [1.54, 1.807) is 14.2 Å². The number of hydrogen-bond acceptors (Lipinski definition) is 3. The van der Waals surface area contributed by atoms with Gasteiger partial charge in [0.15, 0.2) is 0 Å². The summed E-state index contributed by atoms with van der Waals surface area (Å²) in [5.41, 5.74) is 0.447. The van der Waals surface area contributed by atoms with E-state index < -0.39 is 5.54 Å². The first kappa shape index (κ1) is 14.5. The molecule has 0 unspecified atom stereocenters. The van der Waals surface area contributed by atoms with E-state index in [1.807, 2.05) is 45.0 Å². The van der Waals surface area contributed by atoms with Gasteiger partial charge in [0.1, 0.15) is 5.75 Å². The van der Waals surface area contributed by atoms with Gasteiger partial charge in [-0.05, 0) is 45.5 Å². The van der Waals surface area contributed by atoms with Crippen LogP contribution in [0.3, 0.4) is 0 Å². The molecular weight excluding hydrogens is 228 g/mol. The van der Waals surface area contributed by atoms with Gasteiger partial charge in [-0.25, -0.2) is 0 Å². The molecule has 4 nitrogen and oxygen atoms in total. The average molecular weight is 250 g/mol. The second-order valence-electron chi connectivity index (χ2n) is 4.85. The van der Waals surface area contributed by atoms with Crippen LogP contribution < -0.4 is 15.4 Å². The Hall–Kier alpha value is -1.55. The van der Waals surface area contributed by atoms with Crippen molar-refractivity contribution in [2.45, 2.75) is 32.4 Å². The number of likely N-dealkylation sites (N-methyl/N-ethyl adjacent to an activating group) is 1. The van der Waals surface area contributed by atoms with Crippen LogP contribution in [0, 0.1) is 0 Å². The highest BCUT2D eigenvalue weighted by Gasteiger charge is 2.26. The van der Waals surface area contributed by atoms with Gasteiger partial charge < -0.3 is 15.4 Å². The minimum atomic E-state index is -0.576. The predicted molar refractivity (Wildman–Crippen MR) is 72.7 cm³/mol. The van der Waals surface area contributed by atoms with Crippen molar-refractivity contribution in [3.05, 3.63) is 29.8 Å². The molecule has 4 heteroatoms. The van der Waals surface area contributed by atoms with Crippen molar-refractivity contribution in [1.29, 1.82) is 0 Å². The van der Waals surface area contributed by atoms with E-state index in [-0.39, 0.29) is 11.9 Å². The number of methoxy groups -OCH3 is 1. The summed E-state index contributed by atoms with van der Waals surface area (Å²) >= 11 is 0. The maximum absolute atomic E-state index is 12.0. The average Bonchev–Trinajstić information content (AvgIpc) is 2.38. The molecule has 2 N–H and O–H groups in total. The fraction of sp³-hybridized carbons (Fsp3) is 0.500. The SMILES string of the molecule is CNC(C)(C)C(=O)N[C@H](C)c1cccc(OC)c1. The van der Waals surface area contributed by atoms with Gasteiger partial charge in [0, 0.05) is 0 Å². The molecule has 18 heavy (non-hydrogen) atoms. The second kappa shape index (κ2) is 5.87. The minimum Gasteiger partial charge on any atom is -0.497 e. The lowest BCUT2D eigenvalue weighted by Gasteiger charge is -2.25. The largest absolute Gasteiger partial charge is 0.497 e. The van der Waals surface area contributed by atoms with Crippen LogP contribution in [-0.2, 0) is 4.79 Å². The van der Waals surface area contributed by atoms with Gasteiger partial charge in [-0.15, -0.1) is 0 Å². The Morgan fingerprint density at radius 3 is 2.61 bits per heavy atom. The lowest BCUT2D eigenvalue weighted by atomic mass is 10.0. The van der Waals surface area contributed by atoms with Crippen molar-refractivity contribution in [3.63, 3.8) is 0 Å². The Kier molecular flexibility index (Phi) is 4.73. The molecule has 1 atom stereocenters. The lowest BCUT2D eigenvalue weighted by Crippen LogP contribution is -2.51. The molecule has 0 aromatic heterocycles. The van der Waals surface area contributed by atoms with E-state index in [4.69, 9.17) is 4.74 Å². The van der Waals surface area contributed by atoms with Crippen LogP contribution in [0.1, 0.15) is 32.4 Å². The van der Waals surface area contributed by atoms with E-state index >= 15 is 0 Å². The molecule has 0 saturated carbocycles. The number of rotatable bonds is 5. The Morgan fingerprint density at radius 1 is 1.39 bits per heavy atom. The maximum atomic E-state index is 12.0. The van der Waals surface area contributed by atoms with Gasteiger partial charge in [-0.2, -0.15) is 0 Å². The van der Waals surface area contributed by atoms with Gasteiger partial charge in [0.05, 0.1) is 18.7 Å². The number of nitrogens with one attached hydrogen (secondary N) is 2. The molecule has 1 rings (SSSR count). The second-order valence-corrected chi connectivity index (χ2v) is 4.85. The molecule has 1 aromatic carbocycles. The van der Waals surface area contributed by atoms with Crippen LogP contribution in [0.5, 0.6) is 5.75 Å². The van der Waals surface area contributed by atoms with Gasteiger partial charge in [-0.1, -0.05) is 12.1 Å². The molecule has 0 aliphatic heterocycles. The standard InChI is InChI=1S/C14H22N2O2/c1-10(16-13(17)14(2,3)15-4)11-7-6-8-12(9-11)18-5/h6-10,15H,1-5H3,(H,16,17)/t10-/m1/s1. The summed E-state index contributed by atoms with van der Waals surface area (Å²) in [7, 11) is 3.41.